The number of anilines is 1. The summed E-state index contributed by atoms with van der Waals surface area (Å²) in [4.78, 5) is 24.8. The number of hydrogen-bond donors (Lipinski definition) is 2. The van der Waals surface area contributed by atoms with E-state index in [-0.39, 0.29) is 12.6 Å². The van der Waals surface area contributed by atoms with E-state index >= 15 is 0 Å². The highest BCUT2D eigenvalue weighted by atomic mass is 35.5. The average molecular weight is 331 g/mol. The van der Waals surface area contributed by atoms with Gasteiger partial charge in [0.05, 0.1) is 21.7 Å². The maximum Gasteiger partial charge on any atom is 0.321 e. The van der Waals surface area contributed by atoms with Gasteiger partial charge in [-0.25, -0.2) is 4.79 Å². The minimum Gasteiger partial charge on any atom is -0.481 e. The van der Waals surface area contributed by atoms with Gasteiger partial charge in [0, 0.05) is 13.1 Å². The highest BCUT2D eigenvalue weighted by Gasteiger charge is 2.28. The molecule has 2 rings (SSSR count). The molecule has 5 nitrogen and oxygen atoms in total. The topological polar surface area (TPSA) is 69.6 Å². The molecule has 1 atom stereocenters. The lowest BCUT2D eigenvalue weighted by molar-refractivity contribution is -0.143. The fourth-order valence-corrected chi connectivity index (χ4v) is 2.79. The van der Waals surface area contributed by atoms with Crippen LogP contribution in [-0.4, -0.2) is 35.1 Å². The van der Waals surface area contributed by atoms with Gasteiger partial charge in [0.25, 0.3) is 0 Å². The van der Waals surface area contributed by atoms with E-state index in [1.807, 2.05) is 6.92 Å². The molecule has 1 saturated heterocycles. The molecule has 0 aliphatic carbocycles. The lowest BCUT2D eigenvalue weighted by Crippen LogP contribution is -2.44. The Hall–Kier alpha value is -1.46. The second-order valence-corrected chi connectivity index (χ2v) is 5.89. The van der Waals surface area contributed by atoms with Crippen LogP contribution in [0.2, 0.25) is 10.0 Å². The van der Waals surface area contributed by atoms with Crippen molar-refractivity contribution in [2.75, 3.05) is 18.4 Å². The van der Waals surface area contributed by atoms with E-state index in [1.54, 1.807) is 12.1 Å². The molecule has 7 heteroatoms. The van der Waals surface area contributed by atoms with Crippen LogP contribution >= 0.6 is 23.2 Å². The van der Waals surface area contributed by atoms with E-state index in [0.717, 1.165) is 5.56 Å². The largest absolute Gasteiger partial charge is 0.481 e. The van der Waals surface area contributed by atoms with E-state index in [0.29, 0.717) is 35.1 Å². The molecule has 0 aromatic heterocycles. The first-order valence-electron chi connectivity index (χ1n) is 6.63. The van der Waals surface area contributed by atoms with Gasteiger partial charge in [-0.15, -0.1) is 0 Å². The average Bonchev–Trinajstić information content (AvgIpc) is 2.47. The number of aliphatic carboxylic acids is 1. The highest BCUT2D eigenvalue weighted by molar-refractivity contribution is 6.40. The van der Waals surface area contributed by atoms with Gasteiger partial charge in [0.2, 0.25) is 0 Å². The molecule has 114 valence electrons. The number of piperidine rings is 1. The molecule has 0 saturated carbocycles. The SMILES string of the molecule is Cc1ccc(Cl)c(NC(=O)N2CCC[C@@H](C(=O)O)C2)c1Cl. The Labute approximate surface area is 132 Å². The number of amides is 2. The zero-order chi connectivity index (χ0) is 15.6. The first-order valence-corrected chi connectivity index (χ1v) is 7.39. The van der Waals surface area contributed by atoms with Gasteiger partial charge in [-0.2, -0.15) is 0 Å². The summed E-state index contributed by atoms with van der Waals surface area (Å²) in [6.45, 7) is 2.54. The number of halogens is 2. The Morgan fingerprint density at radius 1 is 1.38 bits per heavy atom. The first kappa shape index (κ1) is 15.9. The van der Waals surface area contributed by atoms with Crippen LogP contribution in [-0.2, 0) is 4.79 Å². The monoisotopic (exact) mass is 330 g/mol. The van der Waals surface area contributed by atoms with Crippen molar-refractivity contribution in [3.05, 3.63) is 27.7 Å². The van der Waals surface area contributed by atoms with Crippen molar-refractivity contribution < 1.29 is 14.7 Å². The Kier molecular flexibility index (Phi) is 4.96. The van der Waals surface area contributed by atoms with Gasteiger partial charge in [-0.1, -0.05) is 29.3 Å². The minimum atomic E-state index is -0.876. The lowest BCUT2D eigenvalue weighted by Gasteiger charge is -2.31. The third kappa shape index (κ3) is 3.60. The predicted molar refractivity (Wildman–Crippen MR) is 82.2 cm³/mol. The molecule has 1 aromatic rings. The van der Waals surface area contributed by atoms with Crippen molar-refractivity contribution in [3.63, 3.8) is 0 Å². The molecule has 1 aliphatic rings. The molecular formula is C14H16Cl2N2O3. The second kappa shape index (κ2) is 6.54. The molecule has 0 spiro atoms. The number of nitrogens with zero attached hydrogens (tertiary/aromatic N) is 1. The predicted octanol–water partition coefficient (Wildman–Crippen LogP) is 3.63. The molecule has 1 fully saturated rings. The summed E-state index contributed by atoms with van der Waals surface area (Å²) in [7, 11) is 0. The van der Waals surface area contributed by atoms with Crippen molar-refractivity contribution in [1.82, 2.24) is 4.90 Å². The van der Waals surface area contributed by atoms with Gasteiger partial charge < -0.3 is 15.3 Å². The van der Waals surface area contributed by atoms with Crippen molar-refractivity contribution in [1.29, 1.82) is 0 Å². The lowest BCUT2D eigenvalue weighted by atomic mass is 9.99. The summed E-state index contributed by atoms with van der Waals surface area (Å²) < 4.78 is 0. The molecule has 2 amide bonds. The summed E-state index contributed by atoms with van der Waals surface area (Å²) in [6, 6.07) is 3.05. The minimum absolute atomic E-state index is 0.197. The maximum absolute atomic E-state index is 12.3. The second-order valence-electron chi connectivity index (χ2n) is 5.11. The fraction of sp³-hybridized carbons (Fsp3) is 0.429. The highest BCUT2D eigenvalue weighted by Crippen LogP contribution is 2.33. The maximum atomic E-state index is 12.3. The Balaban J connectivity index is 2.11. The number of carboxylic acid groups (broad SMARTS) is 1. The summed E-state index contributed by atoms with van der Waals surface area (Å²) >= 11 is 12.2. The van der Waals surface area contributed by atoms with Crippen LogP contribution in [0.1, 0.15) is 18.4 Å². The molecule has 21 heavy (non-hydrogen) atoms. The summed E-state index contributed by atoms with van der Waals surface area (Å²) in [5.41, 5.74) is 1.17. The van der Waals surface area contributed by atoms with Crippen LogP contribution < -0.4 is 5.32 Å². The molecule has 2 N–H and O–H groups in total. The fourth-order valence-electron chi connectivity index (χ4n) is 2.32. The van der Waals surface area contributed by atoms with Crippen molar-refractivity contribution in [2.24, 2.45) is 5.92 Å². The van der Waals surface area contributed by atoms with E-state index in [4.69, 9.17) is 28.3 Å². The third-order valence-corrected chi connectivity index (χ3v) is 4.38. The third-order valence-electron chi connectivity index (χ3n) is 3.57. The van der Waals surface area contributed by atoms with Crippen molar-refractivity contribution >= 4 is 40.9 Å². The number of hydrogen-bond acceptors (Lipinski definition) is 2. The first-order chi connectivity index (χ1) is 9.90. The van der Waals surface area contributed by atoms with Gasteiger partial charge in [0.15, 0.2) is 0 Å². The Bertz CT molecular complexity index is 578. The van der Waals surface area contributed by atoms with E-state index in [2.05, 4.69) is 5.32 Å². The van der Waals surface area contributed by atoms with Crippen LogP contribution in [0.3, 0.4) is 0 Å². The van der Waals surface area contributed by atoms with E-state index < -0.39 is 11.9 Å². The molecule has 1 aliphatic heterocycles. The smallest absolute Gasteiger partial charge is 0.321 e. The summed E-state index contributed by atoms with van der Waals surface area (Å²) in [5.74, 6) is -1.40. The van der Waals surface area contributed by atoms with Crippen molar-refractivity contribution in [3.8, 4) is 0 Å². The van der Waals surface area contributed by atoms with Gasteiger partial charge in [-0.3, -0.25) is 4.79 Å². The molecule has 0 radical (unpaired) electrons. The van der Waals surface area contributed by atoms with Gasteiger partial charge >= 0.3 is 12.0 Å². The zero-order valence-corrected chi connectivity index (χ0v) is 13.0. The van der Waals surface area contributed by atoms with Crippen LogP contribution in [0.4, 0.5) is 10.5 Å². The number of carboxylic acids is 1. The van der Waals surface area contributed by atoms with Gasteiger partial charge in [-0.05, 0) is 31.4 Å². The van der Waals surface area contributed by atoms with E-state index in [1.165, 1.54) is 4.90 Å². The number of rotatable bonds is 2. The quantitative estimate of drug-likeness (QED) is 0.869. The number of nitrogens with one attached hydrogen (secondary N) is 1. The Morgan fingerprint density at radius 2 is 2.10 bits per heavy atom. The molecule has 0 bridgehead atoms. The molecule has 1 heterocycles. The number of carbonyl (C=O) groups is 2. The van der Waals surface area contributed by atoms with Gasteiger partial charge in [0.1, 0.15) is 0 Å². The number of urea groups is 1. The van der Waals surface area contributed by atoms with Crippen LogP contribution in [0.5, 0.6) is 0 Å². The van der Waals surface area contributed by atoms with Crippen LogP contribution in [0, 0.1) is 12.8 Å². The van der Waals surface area contributed by atoms with Crippen LogP contribution in [0.25, 0.3) is 0 Å². The molecule has 0 unspecified atom stereocenters. The normalized spacial score (nSPS) is 18.4. The number of benzene rings is 1. The summed E-state index contributed by atoms with van der Waals surface area (Å²) in [5, 5.41) is 12.5. The van der Waals surface area contributed by atoms with Crippen LogP contribution in [0.15, 0.2) is 12.1 Å². The molecule has 1 aromatic carbocycles. The Morgan fingerprint density at radius 3 is 2.76 bits per heavy atom. The number of aryl methyl sites for hydroxylation is 1. The summed E-state index contributed by atoms with van der Waals surface area (Å²) in [6.07, 6.45) is 1.25. The van der Waals surface area contributed by atoms with E-state index in [9.17, 15) is 9.59 Å². The zero-order valence-electron chi connectivity index (χ0n) is 11.5. The molecular weight excluding hydrogens is 315 g/mol. The van der Waals surface area contributed by atoms with Crippen molar-refractivity contribution in [2.45, 2.75) is 19.8 Å². The number of carbonyl (C=O) groups excluding carboxylic acids is 1. The number of likely N-dealkylation sites (tertiary alicyclic amines) is 1. The standard InChI is InChI=1S/C14H16Cl2N2O3/c1-8-4-5-10(15)12(11(8)16)17-14(21)18-6-2-3-9(7-18)13(19)20/h4-5,9H,2-3,6-7H2,1H3,(H,17,21)(H,19,20)/t9-/m1/s1.